The third kappa shape index (κ3) is 3.95. The third-order valence-electron chi connectivity index (χ3n) is 6.26. The summed E-state index contributed by atoms with van der Waals surface area (Å²) < 4.78 is 36.2. The monoisotopic (exact) mass is 431 g/mol. The number of benzene rings is 1. The second-order valence-corrected chi connectivity index (χ2v) is 9.80. The molecular formula is C24H31F2N3O2. The van der Waals surface area contributed by atoms with Gasteiger partial charge in [-0.05, 0) is 71.2 Å². The average molecular weight is 432 g/mol. The number of carbonyl (C=O) groups is 1. The Hall–Kier alpha value is -2.41. The standard InChI is InChI=1S/C24H31F2N3O2/c1-15(2)31-19-7-6-17(12-16(19)3)22(30)28-10-8-24(9-11-28)21-20(26)18(25)13-29(21)14-23(4,5)27-24/h6-7,12-13,15,27H,8-11,14H2,1-5H3. The van der Waals surface area contributed by atoms with Crippen LogP contribution in [0.2, 0.25) is 0 Å². The quantitative estimate of drug-likeness (QED) is 0.785. The number of aryl methyl sites for hydroxylation is 1. The first kappa shape index (κ1) is 21.8. The van der Waals surface area contributed by atoms with Gasteiger partial charge in [-0.2, -0.15) is 0 Å². The average Bonchev–Trinajstić information content (AvgIpc) is 2.96. The van der Waals surface area contributed by atoms with Gasteiger partial charge in [-0.25, -0.2) is 8.78 Å². The van der Waals surface area contributed by atoms with Gasteiger partial charge in [0.1, 0.15) is 5.75 Å². The fourth-order valence-electron chi connectivity index (χ4n) is 5.08. The summed E-state index contributed by atoms with van der Waals surface area (Å²) in [4.78, 5) is 14.9. The van der Waals surface area contributed by atoms with E-state index < -0.39 is 17.2 Å². The second kappa shape index (κ2) is 7.62. The number of nitrogens with one attached hydrogen (secondary N) is 1. The highest BCUT2D eigenvalue weighted by Gasteiger charge is 2.48. The molecule has 1 saturated heterocycles. The molecule has 0 aliphatic carbocycles. The smallest absolute Gasteiger partial charge is 0.253 e. The molecular weight excluding hydrogens is 400 g/mol. The van der Waals surface area contributed by atoms with Gasteiger partial charge >= 0.3 is 0 Å². The first-order valence-electron chi connectivity index (χ1n) is 10.9. The van der Waals surface area contributed by atoms with E-state index in [0.717, 1.165) is 11.3 Å². The van der Waals surface area contributed by atoms with E-state index in [4.69, 9.17) is 4.74 Å². The molecule has 0 bridgehead atoms. The number of piperidine rings is 1. The highest BCUT2D eigenvalue weighted by atomic mass is 19.2. The van der Waals surface area contributed by atoms with Crippen molar-refractivity contribution in [2.24, 2.45) is 0 Å². The van der Waals surface area contributed by atoms with Crippen LogP contribution in [0.25, 0.3) is 0 Å². The molecule has 1 aromatic heterocycles. The third-order valence-corrected chi connectivity index (χ3v) is 6.26. The molecule has 1 spiro atoms. The van der Waals surface area contributed by atoms with E-state index in [2.05, 4.69) is 5.32 Å². The zero-order valence-corrected chi connectivity index (χ0v) is 18.9. The van der Waals surface area contributed by atoms with Crippen LogP contribution in [0.1, 0.15) is 62.2 Å². The van der Waals surface area contributed by atoms with Crippen molar-refractivity contribution < 1.29 is 18.3 Å². The number of fused-ring (bicyclic) bond motifs is 2. The maximum Gasteiger partial charge on any atom is 0.253 e. The van der Waals surface area contributed by atoms with Crippen molar-refractivity contribution in [1.29, 1.82) is 0 Å². The highest BCUT2D eigenvalue weighted by Crippen LogP contribution is 2.41. The Morgan fingerprint density at radius 2 is 1.87 bits per heavy atom. The minimum atomic E-state index is -0.813. The lowest BCUT2D eigenvalue weighted by Gasteiger charge is -2.50. The van der Waals surface area contributed by atoms with Crippen LogP contribution < -0.4 is 10.1 Å². The maximum atomic E-state index is 14.7. The van der Waals surface area contributed by atoms with Gasteiger partial charge in [0.05, 0.1) is 17.3 Å². The van der Waals surface area contributed by atoms with Crippen LogP contribution in [0.3, 0.4) is 0 Å². The lowest BCUT2D eigenvalue weighted by molar-refractivity contribution is 0.0509. The van der Waals surface area contributed by atoms with Crippen molar-refractivity contribution >= 4 is 5.91 Å². The van der Waals surface area contributed by atoms with E-state index in [1.807, 2.05) is 46.8 Å². The topological polar surface area (TPSA) is 46.5 Å². The fraction of sp³-hybridized carbons (Fsp3) is 0.542. The molecule has 168 valence electrons. The van der Waals surface area contributed by atoms with Crippen LogP contribution in [-0.4, -0.2) is 40.1 Å². The number of aromatic nitrogens is 1. The van der Waals surface area contributed by atoms with Crippen molar-refractivity contribution in [2.75, 3.05) is 13.1 Å². The Kier molecular flexibility index (Phi) is 5.36. The fourth-order valence-corrected chi connectivity index (χ4v) is 5.08. The van der Waals surface area contributed by atoms with Crippen molar-refractivity contribution in [3.05, 3.63) is 52.9 Å². The number of carbonyl (C=O) groups excluding carboxylic acids is 1. The largest absolute Gasteiger partial charge is 0.491 e. The number of hydrogen-bond donors (Lipinski definition) is 1. The molecule has 7 heteroatoms. The Balaban J connectivity index is 1.54. The Bertz CT molecular complexity index is 1000. The van der Waals surface area contributed by atoms with E-state index in [9.17, 15) is 13.6 Å². The Morgan fingerprint density at radius 3 is 2.48 bits per heavy atom. The second-order valence-electron chi connectivity index (χ2n) is 9.80. The molecule has 31 heavy (non-hydrogen) atoms. The lowest BCUT2D eigenvalue weighted by Crippen LogP contribution is -2.63. The normalized spacial score (nSPS) is 19.5. The molecule has 2 aromatic rings. The summed E-state index contributed by atoms with van der Waals surface area (Å²) in [5, 5.41) is 3.57. The SMILES string of the molecule is Cc1cc(C(=O)N2CCC3(CC2)NC(C)(C)Cn2cc(F)c(F)c23)ccc1OC(C)C. The predicted molar refractivity (Wildman–Crippen MR) is 115 cm³/mol. The van der Waals surface area contributed by atoms with Crippen molar-refractivity contribution in [3.8, 4) is 5.75 Å². The Labute approximate surface area is 182 Å². The molecule has 0 radical (unpaired) electrons. The van der Waals surface area contributed by atoms with Gasteiger partial charge in [0.25, 0.3) is 5.91 Å². The highest BCUT2D eigenvalue weighted by molar-refractivity contribution is 5.94. The van der Waals surface area contributed by atoms with Crippen LogP contribution in [0.15, 0.2) is 24.4 Å². The van der Waals surface area contributed by atoms with Crippen LogP contribution in [0.4, 0.5) is 8.78 Å². The van der Waals surface area contributed by atoms with Gasteiger partial charge < -0.3 is 14.2 Å². The summed E-state index contributed by atoms with van der Waals surface area (Å²) >= 11 is 0. The molecule has 5 nitrogen and oxygen atoms in total. The number of rotatable bonds is 3. The van der Waals surface area contributed by atoms with Gasteiger partial charge in [0, 0.05) is 36.9 Å². The molecule has 1 N–H and O–H groups in total. The van der Waals surface area contributed by atoms with Gasteiger partial charge in [-0.15, -0.1) is 0 Å². The summed E-state index contributed by atoms with van der Waals surface area (Å²) in [7, 11) is 0. The maximum absolute atomic E-state index is 14.7. The summed E-state index contributed by atoms with van der Waals surface area (Å²) in [5.74, 6) is -0.868. The van der Waals surface area contributed by atoms with Crippen molar-refractivity contribution in [2.45, 2.75) is 71.2 Å². The molecule has 1 fully saturated rings. The molecule has 1 aromatic carbocycles. The van der Waals surface area contributed by atoms with Gasteiger partial charge in [-0.1, -0.05) is 0 Å². The molecule has 0 unspecified atom stereocenters. The predicted octanol–water partition coefficient (Wildman–Crippen LogP) is 4.38. The summed E-state index contributed by atoms with van der Waals surface area (Å²) in [6, 6.07) is 5.48. The van der Waals surface area contributed by atoms with Gasteiger partial charge in [-0.3, -0.25) is 10.1 Å². The lowest BCUT2D eigenvalue weighted by atomic mass is 9.79. The van der Waals surface area contributed by atoms with Gasteiger partial charge in [0.2, 0.25) is 0 Å². The number of nitrogens with zero attached hydrogens (tertiary/aromatic N) is 2. The van der Waals surface area contributed by atoms with Crippen molar-refractivity contribution in [3.63, 3.8) is 0 Å². The number of ether oxygens (including phenoxy) is 1. The Morgan fingerprint density at radius 1 is 1.19 bits per heavy atom. The van der Waals surface area contributed by atoms with E-state index in [1.165, 1.54) is 6.20 Å². The number of halogens is 2. The van der Waals surface area contributed by atoms with Crippen LogP contribution >= 0.6 is 0 Å². The summed E-state index contributed by atoms with van der Waals surface area (Å²) in [6.07, 6.45) is 2.37. The minimum Gasteiger partial charge on any atom is -0.491 e. The summed E-state index contributed by atoms with van der Waals surface area (Å²) in [5.41, 5.74) is 0.918. The number of hydrogen-bond acceptors (Lipinski definition) is 3. The van der Waals surface area contributed by atoms with Crippen molar-refractivity contribution in [1.82, 2.24) is 14.8 Å². The number of amides is 1. The van der Waals surface area contributed by atoms with E-state index in [1.54, 1.807) is 15.5 Å². The van der Waals surface area contributed by atoms with E-state index in [0.29, 0.717) is 43.7 Å². The molecule has 0 atom stereocenters. The minimum absolute atomic E-state index is 0.0499. The van der Waals surface area contributed by atoms with E-state index >= 15 is 0 Å². The molecule has 2 aliphatic heterocycles. The zero-order valence-electron chi connectivity index (χ0n) is 18.9. The number of likely N-dealkylation sites (tertiary alicyclic amines) is 1. The van der Waals surface area contributed by atoms with E-state index in [-0.39, 0.29) is 17.6 Å². The molecule has 3 heterocycles. The molecule has 1 amide bonds. The first-order valence-corrected chi connectivity index (χ1v) is 10.9. The molecule has 2 aliphatic rings. The van der Waals surface area contributed by atoms with Gasteiger partial charge in [0.15, 0.2) is 11.6 Å². The van der Waals surface area contributed by atoms with Crippen LogP contribution in [0, 0.1) is 18.6 Å². The molecule has 4 rings (SSSR count). The summed E-state index contributed by atoms with van der Waals surface area (Å²) in [6.45, 7) is 11.4. The van der Waals surface area contributed by atoms with Crippen LogP contribution in [-0.2, 0) is 12.1 Å². The van der Waals surface area contributed by atoms with Crippen LogP contribution in [0.5, 0.6) is 5.75 Å². The molecule has 0 saturated carbocycles. The first-order chi connectivity index (χ1) is 14.5. The zero-order chi connectivity index (χ0) is 22.6.